The molecular weight excluding hydrogens is 266 g/mol. The topological polar surface area (TPSA) is 47.6 Å². The van der Waals surface area contributed by atoms with Crippen molar-refractivity contribution in [1.82, 2.24) is 5.32 Å². The number of carbonyl (C=O) groups excluding carboxylic acids is 1. The first-order chi connectivity index (χ1) is 10.3. The second-order valence-corrected chi connectivity index (χ2v) is 5.21. The van der Waals surface area contributed by atoms with Gasteiger partial charge in [-0.1, -0.05) is 36.4 Å². The Labute approximate surface area is 124 Å². The number of rotatable bonds is 5. The van der Waals surface area contributed by atoms with Crippen molar-refractivity contribution < 1.29 is 14.3 Å². The zero-order chi connectivity index (χ0) is 14.5. The smallest absolute Gasteiger partial charge is 0.258 e. The first-order valence-corrected chi connectivity index (χ1v) is 7.32. The summed E-state index contributed by atoms with van der Waals surface area (Å²) in [7, 11) is 0. The molecule has 1 aliphatic rings. The van der Waals surface area contributed by atoms with Gasteiger partial charge in [-0.3, -0.25) is 4.79 Å². The first kappa shape index (κ1) is 13.9. The Hall–Kier alpha value is -2.07. The maximum absolute atomic E-state index is 11.8. The van der Waals surface area contributed by atoms with E-state index >= 15 is 0 Å². The Morgan fingerprint density at radius 1 is 1.24 bits per heavy atom. The minimum Gasteiger partial charge on any atom is -0.483 e. The molecule has 1 aliphatic heterocycles. The fraction of sp³-hybridized carbons (Fsp3) is 0.353. The third kappa shape index (κ3) is 3.52. The molecule has 1 saturated heterocycles. The molecule has 0 aliphatic carbocycles. The van der Waals surface area contributed by atoms with Crippen molar-refractivity contribution in [3.63, 3.8) is 0 Å². The SMILES string of the molecule is O=C(COc1cccc2ccccc12)NC[C@@H]1CCCO1. The molecule has 0 aromatic heterocycles. The molecule has 2 aromatic carbocycles. The van der Waals surface area contributed by atoms with Gasteiger partial charge in [-0.05, 0) is 24.3 Å². The standard InChI is InChI=1S/C17H19NO3/c19-17(18-11-14-7-4-10-20-14)12-21-16-9-3-6-13-5-1-2-8-15(13)16/h1-3,5-6,8-9,14H,4,7,10-12H2,(H,18,19)/t14-/m0/s1. The van der Waals surface area contributed by atoms with Gasteiger partial charge in [0.05, 0.1) is 6.10 Å². The van der Waals surface area contributed by atoms with Crippen molar-refractivity contribution in [3.05, 3.63) is 42.5 Å². The molecule has 3 rings (SSSR count). The number of nitrogens with one attached hydrogen (secondary N) is 1. The molecule has 21 heavy (non-hydrogen) atoms. The second kappa shape index (κ2) is 6.59. The van der Waals surface area contributed by atoms with Crippen LogP contribution in [0.1, 0.15) is 12.8 Å². The molecule has 0 saturated carbocycles. The van der Waals surface area contributed by atoms with E-state index in [2.05, 4.69) is 5.32 Å². The van der Waals surface area contributed by atoms with Gasteiger partial charge in [0.25, 0.3) is 5.91 Å². The number of ether oxygens (including phenoxy) is 2. The van der Waals surface area contributed by atoms with Gasteiger partial charge >= 0.3 is 0 Å². The Bertz CT molecular complexity index is 615. The van der Waals surface area contributed by atoms with Crippen molar-refractivity contribution in [2.75, 3.05) is 19.8 Å². The highest BCUT2D eigenvalue weighted by Gasteiger charge is 2.16. The van der Waals surface area contributed by atoms with Gasteiger partial charge in [0.15, 0.2) is 6.61 Å². The van der Waals surface area contributed by atoms with Crippen LogP contribution in [0.25, 0.3) is 10.8 Å². The summed E-state index contributed by atoms with van der Waals surface area (Å²) in [5.41, 5.74) is 0. The average Bonchev–Trinajstić information content (AvgIpc) is 3.04. The fourth-order valence-electron chi connectivity index (χ4n) is 2.55. The van der Waals surface area contributed by atoms with Crippen LogP contribution in [0.3, 0.4) is 0 Å². The van der Waals surface area contributed by atoms with Gasteiger partial charge in [-0.15, -0.1) is 0 Å². The van der Waals surface area contributed by atoms with Crippen LogP contribution in [0.2, 0.25) is 0 Å². The predicted octanol–water partition coefficient (Wildman–Crippen LogP) is 2.51. The highest BCUT2D eigenvalue weighted by Crippen LogP contribution is 2.24. The summed E-state index contributed by atoms with van der Waals surface area (Å²) in [6.07, 6.45) is 2.25. The summed E-state index contributed by atoms with van der Waals surface area (Å²) in [6.45, 7) is 1.39. The number of benzene rings is 2. The zero-order valence-corrected chi connectivity index (χ0v) is 11.9. The molecule has 0 unspecified atom stereocenters. The first-order valence-electron chi connectivity index (χ1n) is 7.32. The maximum atomic E-state index is 11.8. The van der Waals surface area contributed by atoms with E-state index in [0.717, 1.165) is 36.0 Å². The largest absolute Gasteiger partial charge is 0.483 e. The predicted molar refractivity (Wildman–Crippen MR) is 81.4 cm³/mol. The van der Waals surface area contributed by atoms with E-state index in [0.29, 0.717) is 6.54 Å². The van der Waals surface area contributed by atoms with E-state index in [4.69, 9.17) is 9.47 Å². The lowest BCUT2D eigenvalue weighted by molar-refractivity contribution is -0.123. The van der Waals surface area contributed by atoms with Crippen molar-refractivity contribution in [1.29, 1.82) is 0 Å². The molecule has 0 radical (unpaired) electrons. The normalized spacial score (nSPS) is 17.8. The summed E-state index contributed by atoms with van der Waals surface area (Å²) in [4.78, 5) is 11.8. The fourth-order valence-corrected chi connectivity index (χ4v) is 2.55. The summed E-state index contributed by atoms with van der Waals surface area (Å²) in [6, 6.07) is 13.8. The van der Waals surface area contributed by atoms with Gasteiger partial charge in [0, 0.05) is 18.5 Å². The third-order valence-electron chi connectivity index (χ3n) is 3.66. The van der Waals surface area contributed by atoms with Crippen molar-refractivity contribution in [2.24, 2.45) is 0 Å². The Kier molecular flexibility index (Phi) is 4.36. The molecule has 1 heterocycles. The summed E-state index contributed by atoms with van der Waals surface area (Å²) in [5.74, 6) is 0.624. The minimum atomic E-state index is -0.113. The van der Waals surface area contributed by atoms with E-state index in [1.807, 2.05) is 42.5 Å². The molecule has 110 valence electrons. The van der Waals surface area contributed by atoms with E-state index in [1.165, 1.54) is 0 Å². The van der Waals surface area contributed by atoms with Crippen LogP contribution in [-0.2, 0) is 9.53 Å². The molecule has 0 spiro atoms. The molecule has 2 aromatic rings. The highest BCUT2D eigenvalue weighted by atomic mass is 16.5. The molecule has 1 atom stereocenters. The van der Waals surface area contributed by atoms with E-state index in [9.17, 15) is 4.79 Å². The molecule has 0 bridgehead atoms. The molecule has 4 heteroatoms. The number of hydrogen-bond donors (Lipinski definition) is 1. The van der Waals surface area contributed by atoms with Gasteiger partial charge in [-0.25, -0.2) is 0 Å². The third-order valence-corrected chi connectivity index (χ3v) is 3.66. The summed E-state index contributed by atoms with van der Waals surface area (Å²) >= 11 is 0. The van der Waals surface area contributed by atoms with Crippen LogP contribution >= 0.6 is 0 Å². The highest BCUT2D eigenvalue weighted by molar-refractivity contribution is 5.88. The monoisotopic (exact) mass is 285 g/mol. The number of hydrogen-bond acceptors (Lipinski definition) is 3. The maximum Gasteiger partial charge on any atom is 0.258 e. The van der Waals surface area contributed by atoms with Crippen LogP contribution in [0.4, 0.5) is 0 Å². The lowest BCUT2D eigenvalue weighted by Gasteiger charge is -2.12. The lowest BCUT2D eigenvalue weighted by Crippen LogP contribution is -2.35. The molecular formula is C17H19NO3. The number of carbonyl (C=O) groups is 1. The van der Waals surface area contributed by atoms with Crippen molar-refractivity contribution in [2.45, 2.75) is 18.9 Å². The lowest BCUT2D eigenvalue weighted by atomic mass is 10.1. The summed E-state index contributed by atoms with van der Waals surface area (Å²) < 4.78 is 11.1. The van der Waals surface area contributed by atoms with E-state index < -0.39 is 0 Å². The second-order valence-electron chi connectivity index (χ2n) is 5.21. The molecule has 1 amide bonds. The van der Waals surface area contributed by atoms with E-state index in [-0.39, 0.29) is 18.6 Å². The van der Waals surface area contributed by atoms with Crippen LogP contribution in [0.5, 0.6) is 5.75 Å². The number of fused-ring (bicyclic) bond motifs is 1. The van der Waals surface area contributed by atoms with Gasteiger partial charge in [-0.2, -0.15) is 0 Å². The quantitative estimate of drug-likeness (QED) is 0.918. The molecule has 4 nitrogen and oxygen atoms in total. The van der Waals surface area contributed by atoms with Crippen LogP contribution in [0.15, 0.2) is 42.5 Å². The van der Waals surface area contributed by atoms with E-state index in [1.54, 1.807) is 0 Å². The van der Waals surface area contributed by atoms with Gasteiger partial charge in [0.2, 0.25) is 0 Å². The molecule has 1 fully saturated rings. The minimum absolute atomic E-state index is 0.0285. The number of amides is 1. The summed E-state index contributed by atoms with van der Waals surface area (Å²) in [5, 5.41) is 4.98. The van der Waals surface area contributed by atoms with Crippen molar-refractivity contribution in [3.8, 4) is 5.75 Å². The Morgan fingerprint density at radius 2 is 2.10 bits per heavy atom. The van der Waals surface area contributed by atoms with Crippen LogP contribution < -0.4 is 10.1 Å². The Morgan fingerprint density at radius 3 is 2.95 bits per heavy atom. The zero-order valence-electron chi connectivity index (χ0n) is 11.9. The van der Waals surface area contributed by atoms with Gasteiger partial charge in [0.1, 0.15) is 5.75 Å². The van der Waals surface area contributed by atoms with Crippen LogP contribution in [-0.4, -0.2) is 31.8 Å². The molecule has 1 N–H and O–H groups in total. The van der Waals surface area contributed by atoms with Gasteiger partial charge < -0.3 is 14.8 Å². The Balaban J connectivity index is 1.54. The van der Waals surface area contributed by atoms with Crippen LogP contribution in [0, 0.1) is 0 Å². The average molecular weight is 285 g/mol. The van der Waals surface area contributed by atoms with Crippen molar-refractivity contribution >= 4 is 16.7 Å².